The van der Waals surface area contributed by atoms with Crippen molar-refractivity contribution in [3.05, 3.63) is 91.3 Å². The van der Waals surface area contributed by atoms with E-state index < -0.39 is 0 Å². The van der Waals surface area contributed by atoms with Crippen molar-refractivity contribution in [1.82, 2.24) is 0 Å². The number of hydrogen-bond donors (Lipinski definition) is 0. The molecule has 0 bridgehead atoms. The van der Waals surface area contributed by atoms with E-state index in [-0.39, 0.29) is 0 Å². The van der Waals surface area contributed by atoms with Crippen LogP contribution in [0.1, 0.15) is 16.7 Å². The van der Waals surface area contributed by atoms with Crippen LogP contribution in [0.25, 0.3) is 11.6 Å². The topological polar surface area (TPSA) is 42.2 Å². The number of halogens is 3. The molecule has 3 rings (SSSR count). The Bertz CT molecular complexity index is 1090. The molecule has 0 aliphatic heterocycles. The molecule has 0 aliphatic rings. The van der Waals surface area contributed by atoms with Gasteiger partial charge in [-0.05, 0) is 47.5 Å². The summed E-state index contributed by atoms with van der Waals surface area (Å²) in [6, 6.07) is 21.1. The van der Waals surface area contributed by atoms with Crippen molar-refractivity contribution in [2.45, 2.75) is 6.61 Å². The molecule has 0 saturated heterocycles. The van der Waals surface area contributed by atoms with Gasteiger partial charge in [-0.1, -0.05) is 73.8 Å². The van der Waals surface area contributed by atoms with Crippen LogP contribution in [0.2, 0.25) is 5.02 Å². The van der Waals surface area contributed by atoms with Crippen molar-refractivity contribution in [2.24, 2.45) is 0 Å². The van der Waals surface area contributed by atoms with Crippen molar-refractivity contribution in [3.8, 4) is 17.6 Å². The van der Waals surface area contributed by atoms with Gasteiger partial charge in [0, 0.05) is 19.5 Å². The molecular weight excluding hydrogens is 518 g/mol. The Morgan fingerprint density at radius 3 is 2.45 bits per heavy atom. The molecule has 3 aromatic rings. The fourth-order valence-corrected chi connectivity index (χ4v) is 3.56. The third-order valence-corrected chi connectivity index (χ3v) is 5.78. The van der Waals surface area contributed by atoms with Crippen molar-refractivity contribution in [2.75, 3.05) is 7.11 Å². The van der Waals surface area contributed by atoms with E-state index in [1.54, 1.807) is 7.11 Å². The SMILES string of the molecule is COc1cc(/C=C(\C#N)c2ccc(Br)cc2)c(Br)cc1OCc1ccccc1Cl. The molecule has 0 unspecified atom stereocenters. The Balaban J connectivity index is 1.90. The largest absolute Gasteiger partial charge is 0.493 e. The second-order valence-electron chi connectivity index (χ2n) is 6.08. The van der Waals surface area contributed by atoms with Crippen molar-refractivity contribution >= 4 is 55.1 Å². The number of rotatable bonds is 6. The zero-order valence-electron chi connectivity index (χ0n) is 15.5. The second kappa shape index (κ2) is 9.98. The molecule has 0 heterocycles. The van der Waals surface area contributed by atoms with Crippen molar-refractivity contribution in [1.29, 1.82) is 5.26 Å². The molecule has 0 fully saturated rings. The lowest BCUT2D eigenvalue weighted by Gasteiger charge is -2.14. The molecule has 146 valence electrons. The molecule has 0 saturated carbocycles. The first-order valence-corrected chi connectivity index (χ1v) is 10.6. The summed E-state index contributed by atoms with van der Waals surface area (Å²) in [6.45, 7) is 0.319. The van der Waals surface area contributed by atoms with E-state index in [0.29, 0.717) is 28.7 Å². The quantitative estimate of drug-likeness (QED) is 0.243. The minimum absolute atomic E-state index is 0.319. The number of allylic oxidation sites excluding steroid dienone is 1. The predicted molar refractivity (Wildman–Crippen MR) is 124 cm³/mol. The van der Waals surface area contributed by atoms with E-state index in [1.807, 2.05) is 66.7 Å². The Kier molecular flexibility index (Phi) is 7.38. The van der Waals surface area contributed by atoms with Gasteiger partial charge in [0.15, 0.2) is 11.5 Å². The normalized spacial score (nSPS) is 11.1. The van der Waals surface area contributed by atoms with Gasteiger partial charge in [0.25, 0.3) is 0 Å². The summed E-state index contributed by atoms with van der Waals surface area (Å²) in [5.41, 5.74) is 3.08. The summed E-state index contributed by atoms with van der Waals surface area (Å²) in [4.78, 5) is 0. The van der Waals surface area contributed by atoms with Gasteiger partial charge in [0.2, 0.25) is 0 Å². The number of nitrogens with zero attached hydrogens (tertiary/aromatic N) is 1. The molecule has 29 heavy (non-hydrogen) atoms. The zero-order valence-corrected chi connectivity index (χ0v) is 19.4. The molecule has 0 spiro atoms. The zero-order chi connectivity index (χ0) is 20.8. The number of benzene rings is 3. The van der Waals surface area contributed by atoms with E-state index in [2.05, 4.69) is 37.9 Å². The van der Waals surface area contributed by atoms with Gasteiger partial charge in [-0.3, -0.25) is 0 Å². The Hall–Kier alpha value is -2.26. The molecule has 0 atom stereocenters. The second-order valence-corrected chi connectivity index (χ2v) is 8.26. The van der Waals surface area contributed by atoms with Gasteiger partial charge in [0.05, 0.1) is 18.8 Å². The molecule has 0 aromatic heterocycles. The van der Waals surface area contributed by atoms with Crippen LogP contribution in [0.4, 0.5) is 0 Å². The minimum atomic E-state index is 0.319. The third kappa shape index (κ3) is 5.42. The van der Waals surface area contributed by atoms with Gasteiger partial charge in [0.1, 0.15) is 6.61 Å². The molecule has 0 N–H and O–H groups in total. The van der Waals surface area contributed by atoms with Crippen LogP contribution in [0, 0.1) is 11.3 Å². The fourth-order valence-electron chi connectivity index (χ4n) is 2.67. The summed E-state index contributed by atoms with van der Waals surface area (Å²) in [6.07, 6.45) is 1.81. The average Bonchev–Trinajstić information content (AvgIpc) is 2.73. The van der Waals surface area contributed by atoms with Crippen LogP contribution < -0.4 is 9.47 Å². The lowest BCUT2D eigenvalue weighted by atomic mass is 10.0. The monoisotopic (exact) mass is 531 g/mol. The summed E-state index contributed by atoms with van der Waals surface area (Å²) >= 11 is 13.2. The van der Waals surface area contributed by atoms with Crippen LogP contribution in [0.5, 0.6) is 11.5 Å². The molecular formula is C23H16Br2ClNO2. The maximum absolute atomic E-state index is 9.60. The maximum Gasteiger partial charge on any atom is 0.162 e. The fraction of sp³-hybridized carbons (Fsp3) is 0.0870. The third-order valence-electron chi connectivity index (χ3n) is 4.20. The van der Waals surface area contributed by atoms with Gasteiger partial charge < -0.3 is 9.47 Å². The Morgan fingerprint density at radius 2 is 1.79 bits per heavy atom. The number of hydrogen-bond acceptors (Lipinski definition) is 3. The van der Waals surface area contributed by atoms with Gasteiger partial charge in [-0.25, -0.2) is 0 Å². The van der Waals surface area contributed by atoms with Gasteiger partial charge in [-0.15, -0.1) is 0 Å². The Labute approximate surface area is 191 Å². The van der Waals surface area contributed by atoms with E-state index >= 15 is 0 Å². The lowest BCUT2D eigenvalue weighted by molar-refractivity contribution is 0.284. The van der Waals surface area contributed by atoms with E-state index in [1.165, 1.54) is 0 Å². The highest BCUT2D eigenvalue weighted by molar-refractivity contribution is 9.10. The lowest BCUT2D eigenvalue weighted by Crippen LogP contribution is -1.99. The van der Waals surface area contributed by atoms with Crippen molar-refractivity contribution in [3.63, 3.8) is 0 Å². The standard InChI is InChI=1S/C23H16Br2ClNO2/c1-28-22-11-17(10-18(13-27)15-6-8-19(24)9-7-15)20(25)12-23(22)29-14-16-4-2-3-5-21(16)26/h2-12H,14H2,1H3/b18-10+. The van der Waals surface area contributed by atoms with Crippen LogP contribution in [-0.4, -0.2) is 7.11 Å². The summed E-state index contributed by atoms with van der Waals surface area (Å²) in [5, 5.41) is 10.3. The van der Waals surface area contributed by atoms with E-state index in [4.69, 9.17) is 21.1 Å². The maximum atomic E-state index is 9.60. The smallest absolute Gasteiger partial charge is 0.162 e. The first-order valence-electron chi connectivity index (χ1n) is 8.63. The van der Waals surface area contributed by atoms with Crippen LogP contribution in [-0.2, 0) is 6.61 Å². The predicted octanol–water partition coefficient (Wildman–Crippen LogP) is 7.52. The van der Waals surface area contributed by atoms with E-state index in [0.717, 1.165) is 25.6 Å². The highest BCUT2D eigenvalue weighted by Gasteiger charge is 2.12. The number of ether oxygens (including phenoxy) is 2. The van der Waals surface area contributed by atoms with Crippen LogP contribution in [0.15, 0.2) is 69.6 Å². The van der Waals surface area contributed by atoms with Crippen LogP contribution in [0.3, 0.4) is 0 Å². The van der Waals surface area contributed by atoms with Crippen LogP contribution >= 0.6 is 43.5 Å². The molecule has 3 aromatic carbocycles. The molecule has 0 aliphatic carbocycles. The summed E-state index contributed by atoms with van der Waals surface area (Å²) in [5.74, 6) is 1.15. The average molecular weight is 534 g/mol. The Morgan fingerprint density at radius 1 is 1.07 bits per heavy atom. The van der Waals surface area contributed by atoms with Crippen molar-refractivity contribution < 1.29 is 9.47 Å². The first-order chi connectivity index (χ1) is 14.0. The minimum Gasteiger partial charge on any atom is -0.493 e. The molecule has 0 amide bonds. The summed E-state index contributed by atoms with van der Waals surface area (Å²) < 4.78 is 13.2. The molecule has 3 nitrogen and oxygen atoms in total. The number of methoxy groups -OCH3 is 1. The first kappa shape index (κ1) is 21.4. The van der Waals surface area contributed by atoms with Gasteiger partial charge >= 0.3 is 0 Å². The molecule has 6 heteroatoms. The highest BCUT2D eigenvalue weighted by atomic mass is 79.9. The number of nitriles is 1. The van der Waals surface area contributed by atoms with E-state index in [9.17, 15) is 5.26 Å². The van der Waals surface area contributed by atoms with Gasteiger partial charge in [-0.2, -0.15) is 5.26 Å². The summed E-state index contributed by atoms with van der Waals surface area (Å²) in [7, 11) is 1.58. The molecule has 0 radical (unpaired) electrons. The highest BCUT2D eigenvalue weighted by Crippen LogP contribution is 2.36.